The van der Waals surface area contributed by atoms with Crippen LogP contribution < -0.4 is 11.0 Å². The third-order valence-electron chi connectivity index (χ3n) is 4.99. The van der Waals surface area contributed by atoms with Gasteiger partial charge >= 0.3 is 0 Å². The highest BCUT2D eigenvalue weighted by atomic mass is 32.2. The van der Waals surface area contributed by atoms with Crippen LogP contribution in [0.25, 0.3) is 16.7 Å². The van der Waals surface area contributed by atoms with Crippen molar-refractivity contribution in [2.45, 2.75) is 23.6 Å². The lowest BCUT2D eigenvalue weighted by atomic mass is 10.1. The topological polar surface area (TPSA) is 97.3 Å². The van der Waals surface area contributed by atoms with Gasteiger partial charge < -0.3 is 4.57 Å². The van der Waals surface area contributed by atoms with Crippen molar-refractivity contribution in [3.63, 3.8) is 0 Å². The van der Waals surface area contributed by atoms with Gasteiger partial charge in [0.25, 0.3) is 5.56 Å². The van der Waals surface area contributed by atoms with Gasteiger partial charge in [-0.25, -0.2) is 13.4 Å². The molecule has 0 radical (unpaired) electrons. The Morgan fingerprint density at radius 2 is 1.79 bits per heavy atom. The van der Waals surface area contributed by atoms with Gasteiger partial charge in [-0.05, 0) is 55.3 Å². The van der Waals surface area contributed by atoms with Crippen LogP contribution in [0.4, 0.5) is 0 Å². The van der Waals surface area contributed by atoms with Gasteiger partial charge in [0.2, 0.25) is 9.84 Å². The molecule has 0 saturated heterocycles. The van der Waals surface area contributed by atoms with Gasteiger partial charge in [0.1, 0.15) is 21.7 Å². The molecule has 142 valence electrons. The first-order chi connectivity index (χ1) is 13.2. The molecule has 0 aliphatic heterocycles. The number of sulfone groups is 1. The first-order valence-electron chi connectivity index (χ1n) is 8.60. The second-order valence-electron chi connectivity index (χ2n) is 6.75. The lowest BCUT2D eigenvalue weighted by Gasteiger charge is -2.12. The van der Waals surface area contributed by atoms with Gasteiger partial charge in [0.05, 0.1) is 10.3 Å². The molecular formula is C20H18N4O3S. The Morgan fingerprint density at radius 1 is 1.04 bits per heavy atom. The molecule has 0 amide bonds. The molecule has 0 bridgehead atoms. The number of nitrogens with zero attached hydrogens (tertiary/aromatic N) is 3. The molecule has 1 N–H and O–H groups in total. The van der Waals surface area contributed by atoms with Gasteiger partial charge in [0.15, 0.2) is 0 Å². The van der Waals surface area contributed by atoms with Crippen molar-refractivity contribution in [1.82, 2.24) is 14.0 Å². The summed E-state index contributed by atoms with van der Waals surface area (Å²) < 4.78 is 29.1. The summed E-state index contributed by atoms with van der Waals surface area (Å²) in [6.07, 6.45) is 1.58. The van der Waals surface area contributed by atoms with Crippen LogP contribution in [0.15, 0.2) is 63.2 Å². The van der Waals surface area contributed by atoms with Crippen LogP contribution in [0, 0.1) is 19.3 Å². The minimum Gasteiger partial charge on any atom is -0.313 e. The summed E-state index contributed by atoms with van der Waals surface area (Å²) in [6.45, 7) is 3.73. The summed E-state index contributed by atoms with van der Waals surface area (Å²) in [4.78, 5) is 17.2. The number of aryl methyl sites for hydroxylation is 3. The van der Waals surface area contributed by atoms with E-state index in [1.807, 2.05) is 13.8 Å². The first kappa shape index (κ1) is 18.1. The number of fused-ring (bicyclic) bond motifs is 2. The van der Waals surface area contributed by atoms with Crippen molar-refractivity contribution in [2.75, 3.05) is 0 Å². The highest BCUT2D eigenvalue weighted by molar-refractivity contribution is 7.91. The molecule has 3 heterocycles. The van der Waals surface area contributed by atoms with E-state index in [1.165, 1.54) is 28.1 Å². The molecule has 4 rings (SSSR count). The Balaban J connectivity index is 2.10. The normalized spacial score (nSPS) is 12.0. The van der Waals surface area contributed by atoms with E-state index < -0.39 is 9.84 Å². The Kier molecular flexibility index (Phi) is 3.97. The maximum atomic E-state index is 13.2. The van der Waals surface area contributed by atoms with Crippen molar-refractivity contribution in [3.05, 3.63) is 75.6 Å². The van der Waals surface area contributed by atoms with Crippen molar-refractivity contribution in [1.29, 1.82) is 5.41 Å². The average molecular weight is 394 g/mol. The number of aromatic nitrogens is 3. The lowest BCUT2D eigenvalue weighted by molar-refractivity contribution is 0.592. The van der Waals surface area contributed by atoms with Crippen LogP contribution in [0.5, 0.6) is 0 Å². The van der Waals surface area contributed by atoms with E-state index in [9.17, 15) is 13.2 Å². The zero-order valence-electron chi connectivity index (χ0n) is 15.6. The third kappa shape index (κ3) is 2.56. The SMILES string of the molecule is Cc1ccc(S(=O)(=O)c2cc3c(=O)n4ccccc4nc3n(C)c2=N)cc1C. The fourth-order valence-corrected chi connectivity index (χ4v) is 4.65. The van der Waals surface area contributed by atoms with Crippen LogP contribution in [-0.2, 0) is 16.9 Å². The Labute approximate surface area is 161 Å². The van der Waals surface area contributed by atoms with E-state index in [0.29, 0.717) is 5.65 Å². The Morgan fingerprint density at radius 3 is 2.50 bits per heavy atom. The number of pyridine rings is 2. The van der Waals surface area contributed by atoms with Gasteiger partial charge in [0, 0.05) is 13.2 Å². The molecule has 0 aliphatic rings. The molecule has 4 aromatic rings. The standard InChI is InChI=1S/C20H18N4O3S/c1-12-7-8-14(10-13(12)2)28(26,27)16-11-15-19(23(3)18(16)21)22-17-6-4-5-9-24(17)20(15)25/h4-11,21H,1-3H3. The second-order valence-corrected chi connectivity index (χ2v) is 8.67. The molecule has 0 saturated carbocycles. The largest absolute Gasteiger partial charge is 0.313 e. The van der Waals surface area contributed by atoms with E-state index in [0.717, 1.165) is 11.1 Å². The van der Waals surface area contributed by atoms with Crippen LogP contribution in [-0.4, -0.2) is 22.4 Å². The molecule has 0 atom stereocenters. The third-order valence-corrected chi connectivity index (χ3v) is 6.75. The van der Waals surface area contributed by atoms with Crippen molar-refractivity contribution >= 4 is 26.5 Å². The van der Waals surface area contributed by atoms with E-state index in [-0.39, 0.29) is 31.9 Å². The zero-order chi connectivity index (χ0) is 20.2. The van der Waals surface area contributed by atoms with Crippen molar-refractivity contribution in [2.24, 2.45) is 7.05 Å². The summed E-state index contributed by atoms with van der Waals surface area (Å²) in [5, 5.41) is 8.53. The van der Waals surface area contributed by atoms with Gasteiger partial charge in [-0.2, -0.15) is 0 Å². The van der Waals surface area contributed by atoms with Crippen LogP contribution in [0.2, 0.25) is 0 Å². The molecule has 0 unspecified atom stereocenters. The van der Waals surface area contributed by atoms with Crippen molar-refractivity contribution in [3.8, 4) is 0 Å². The summed E-state index contributed by atoms with van der Waals surface area (Å²) in [6, 6.07) is 11.2. The maximum absolute atomic E-state index is 13.2. The second kappa shape index (κ2) is 6.13. The monoisotopic (exact) mass is 394 g/mol. The minimum atomic E-state index is -3.98. The Hall–Kier alpha value is -3.26. The van der Waals surface area contributed by atoms with Gasteiger partial charge in [-0.1, -0.05) is 12.1 Å². The number of hydrogen-bond acceptors (Lipinski definition) is 5. The Bertz CT molecular complexity index is 1500. The summed E-state index contributed by atoms with van der Waals surface area (Å²) in [7, 11) is -2.44. The molecule has 1 aromatic carbocycles. The van der Waals surface area contributed by atoms with E-state index >= 15 is 0 Å². The summed E-state index contributed by atoms with van der Waals surface area (Å²) in [5.41, 5.74) is 1.90. The fraction of sp³-hybridized carbons (Fsp3) is 0.150. The van der Waals surface area contributed by atoms with Gasteiger partial charge in [-0.3, -0.25) is 14.6 Å². The number of hydrogen-bond donors (Lipinski definition) is 1. The average Bonchev–Trinajstić information content (AvgIpc) is 2.67. The maximum Gasteiger partial charge on any atom is 0.267 e. The number of rotatable bonds is 2. The molecule has 0 fully saturated rings. The molecular weight excluding hydrogens is 376 g/mol. The molecule has 8 heteroatoms. The quantitative estimate of drug-likeness (QED) is 0.527. The van der Waals surface area contributed by atoms with Crippen LogP contribution >= 0.6 is 0 Å². The smallest absolute Gasteiger partial charge is 0.267 e. The fourth-order valence-electron chi connectivity index (χ4n) is 3.16. The predicted octanol–water partition coefficient (Wildman–Crippen LogP) is 2.12. The number of benzene rings is 1. The highest BCUT2D eigenvalue weighted by Gasteiger charge is 2.23. The molecule has 28 heavy (non-hydrogen) atoms. The predicted molar refractivity (Wildman–Crippen MR) is 105 cm³/mol. The first-order valence-corrected chi connectivity index (χ1v) is 10.1. The van der Waals surface area contributed by atoms with E-state index in [4.69, 9.17) is 5.41 Å². The molecule has 0 aliphatic carbocycles. The summed E-state index contributed by atoms with van der Waals surface area (Å²) >= 11 is 0. The van der Waals surface area contributed by atoms with E-state index in [1.54, 1.807) is 36.5 Å². The zero-order valence-corrected chi connectivity index (χ0v) is 16.4. The number of nitrogens with one attached hydrogen (secondary N) is 1. The molecule has 0 spiro atoms. The summed E-state index contributed by atoms with van der Waals surface area (Å²) in [5.74, 6) is 0. The molecule has 3 aromatic heterocycles. The van der Waals surface area contributed by atoms with E-state index in [2.05, 4.69) is 4.98 Å². The minimum absolute atomic E-state index is 0.0947. The van der Waals surface area contributed by atoms with Gasteiger partial charge in [-0.15, -0.1) is 0 Å². The molecule has 7 nitrogen and oxygen atoms in total. The van der Waals surface area contributed by atoms with Crippen LogP contribution in [0.3, 0.4) is 0 Å². The van der Waals surface area contributed by atoms with Crippen LogP contribution in [0.1, 0.15) is 11.1 Å². The highest BCUT2D eigenvalue weighted by Crippen LogP contribution is 2.22. The lowest BCUT2D eigenvalue weighted by Crippen LogP contribution is -2.28. The van der Waals surface area contributed by atoms with Crippen molar-refractivity contribution < 1.29 is 8.42 Å².